The fraction of sp³-hybridized carbons (Fsp3) is 0.0909. The number of aliphatic carboxylic acids is 1. The van der Waals surface area contributed by atoms with Crippen LogP contribution < -0.4 is 0 Å². The fourth-order valence-corrected chi connectivity index (χ4v) is 2.37. The summed E-state index contributed by atoms with van der Waals surface area (Å²) in [5.74, 6) is -1.29. The lowest BCUT2D eigenvalue weighted by atomic mass is 10.2. The van der Waals surface area contributed by atoms with Crippen LogP contribution >= 0.6 is 27.3 Å². The minimum atomic E-state index is -0.927. The van der Waals surface area contributed by atoms with Crippen molar-refractivity contribution >= 4 is 33.2 Å². The average Bonchev–Trinajstić information content (AvgIpc) is 2.69. The SMILES string of the molecule is O=C(O)Cc1csc(-c2ccc(Br)c(F)c2)n1. The van der Waals surface area contributed by atoms with E-state index in [1.165, 1.54) is 17.4 Å². The Morgan fingerprint density at radius 3 is 2.94 bits per heavy atom. The summed E-state index contributed by atoms with van der Waals surface area (Å²) in [5, 5.41) is 10.9. The number of carboxylic acids is 1. The van der Waals surface area contributed by atoms with Crippen LogP contribution in [0, 0.1) is 5.82 Å². The third kappa shape index (κ3) is 2.89. The number of aromatic nitrogens is 1. The van der Waals surface area contributed by atoms with E-state index in [1.54, 1.807) is 17.5 Å². The zero-order valence-electron chi connectivity index (χ0n) is 8.48. The van der Waals surface area contributed by atoms with Gasteiger partial charge in [0.05, 0.1) is 16.6 Å². The van der Waals surface area contributed by atoms with Crippen LogP contribution in [0.5, 0.6) is 0 Å². The molecule has 1 heterocycles. The number of hydrogen-bond donors (Lipinski definition) is 1. The van der Waals surface area contributed by atoms with Crippen molar-refractivity contribution in [3.05, 3.63) is 39.6 Å². The molecule has 0 aliphatic carbocycles. The highest BCUT2D eigenvalue weighted by Gasteiger charge is 2.09. The summed E-state index contributed by atoms with van der Waals surface area (Å²) < 4.78 is 13.7. The molecule has 1 N–H and O–H groups in total. The van der Waals surface area contributed by atoms with Crippen LogP contribution in [0.2, 0.25) is 0 Å². The van der Waals surface area contributed by atoms with Gasteiger partial charge in [-0.1, -0.05) is 6.07 Å². The van der Waals surface area contributed by atoms with Crippen molar-refractivity contribution in [1.29, 1.82) is 0 Å². The lowest BCUT2D eigenvalue weighted by Gasteiger charge is -1.98. The van der Waals surface area contributed by atoms with E-state index in [1.807, 2.05) is 0 Å². The number of rotatable bonds is 3. The monoisotopic (exact) mass is 315 g/mol. The smallest absolute Gasteiger partial charge is 0.309 e. The third-order valence-electron chi connectivity index (χ3n) is 2.05. The second kappa shape index (κ2) is 4.93. The van der Waals surface area contributed by atoms with Crippen molar-refractivity contribution in [3.8, 4) is 10.6 Å². The quantitative estimate of drug-likeness (QED) is 0.945. The van der Waals surface area contributed by atoms with Gasteiger partial charge in [-0.2, -0.15) is 0 Å². The van der Waals surface area contributed by atoms with Crippen LogP contribution in [0.3, 0.4) is 0 Å². The van der Waals surface area contributed by atoms with E-state index in [0.717, 1.165) is 0 Å². The molecule has 0 spiro atoms. The van der Waals surface area contributed by atoms with Crippen molar-refractivity contribution in [3.63, 3.8) is 0 Å². The molecule has 6 heteroatoms. The van der Waals surface area contributed by atoms with Gasteiger partial charge in [-0.15, -0.1) is 11.3 Å². The van der Waals surface area contributed by atoms with Crippen LogP contribution in [-0.4, -0.2) is 16.1 Å². The number of carbonyl (C=O) groups is 1. The Labute approximate surface area is 109 Å². The highest BCUT2D eigenvalue weighted by Crippen LogP contribution is 2.27. The summed E-state index contributed by atoms with van der Waals surface area (Å²) >= 11 is 4.37. The van der Waals surface area contributed by atoms with Crippen LogP contribution in [-0.2, 0) is 11.2 Å². The molecule has 0 unspecified atom stereocenters. The molecule has 0 aliphatic rings. The predicted molar refractivity (Wildman–Crippen MR) is 66.5 cm³/mol. The number of benzene rings is 1. The number of carboxylic acid groups (broad SMARTS) is 1. The van der Waals surface area contributed by atoms with Gasteiger partial charge in [-0.3, -0.25) is 4.79 Å². The molecule has 0 bridgehead atoms. The molecule has 0 fully saturated rings. The Morgan fingerprint density at radius 2 is 2.29 bits per heavy atom. The molecule has 0 radical (unpaired) electrons. The number of hydrogen-bond acceptors (Lipinski definition) is 3. The Kier molecular flexibility index (Phi) is 3.54. The molecule has 0 saturated carbocycles. The van der Waals surface area contributed by atoms with Crippen LogP contribution in [0.15, 0.2) is 28.1 Å². The maximum Gasteiger partial charge on any atom is 0.309 e. The van der Waals surface area contributed by atoms with E-state index in [4.69, 9.17) is 5.11 Å². The Hall–Kier alpha value is -1.27. The molecule has 0 amide bonds. The van der Waals surface area contributed by atoms with Gasteiger partial charge in [0, 0.05) is 10.9 Å². The summed E-state index contributed by atoms with van der Waals surface area (Å²) in [6, 6.07) is 4.70. The van der Waals surface area contributed by atoms with Crippen molar-refractivity contribution in [2.24, 2.45) is 0 Å². The lowest BCUT2D eigenvalue weighted by Crippen LogP contribution is -1.99. The number of thiazole rings is 1. The zero-order chi connectivity index (χ0) is 12.4. The number of halogens is 2. The van der Waals surface area contributed by atoms with Crippen LogP contribution in [0.25, 0.3) is 10.6 Å². The molecule has 0 atom stereocenters. The van der Waals surface area contributed by atoms with Crippen molar-refractivity contribution in [2.45, 2.75) is 6.42 Å². The maximum atomic E-state index is 13.3. The first kappa shape index (κ1) is 12.2. The van der Waals surface area contributed by atoms with E-state index < -0.39 is 5.97 Å². The average molecular weight is 316 g/mol. The van der Waals surface area contributed by atoms with Crippen molar-refractivity contribution in [1.82, 2.24) is 4.98 Å². The maximum absolute atomic E-state index is 13.3. The van der Waals surface area contributed by atoms with Gasteiger partial charge in [0.1, 0.15) is 10.8 Å². The first-order chi connectivity index (χ1) is 8.06. The highest BCUT2D eigenvalue weighted by atomic mass is 79.9. The molecule has 0 saturated heterocycles. The van der Waals surface area contributed by atoms with E-state index in [-0.39, 0.29) is 12.2 Å². The summed E-state index contributed by atoms with van der Waals surface area (Å²) in [4.78, 5) is 14.7. The second-order valence-corrected chi connectivity index (χ2v) is 5.06. The molecule has 2 rings (SSSR count). The Morgan fingerprint density at radius 1 is 1.53 bits per heavy atom. The van der Waals surface area contributed by atoms with Gasteiger partial charge in [0.25, 0.3) is 0 Å². The first-order valence-corrected chi connectivity index (χ1v) is 6.35. The highest BCUT2D eigenvalue weighted by molar-refractivity contribution is 9.10. The molecular formula is C11H7BrFNO2S. The lowest BCUT2D eigenvalue weighted by molar-refractivity contribution is -0.136. The third-order valence-corrected chi connectivity index (χ3v) is 3.63. The van der Waals surface area contributed by atoms with Gasteiger partial charge in [-0.25, -0.2) is 9.37 Å². The van der Waals surface area contributed by atoms with Crippen molar-refractivity contribution < 1.29 is 14.3 Å². The molecular weight excluding hydrogens is 309 g/mol. The van der Waals surface area contributed by atoms with Crippen molar-refractivity contribution in [2.75, 3.05) is 0 Å². The fourth-order valence-electron chi connectivity index (χ4n) is 1.30. The molecule has 0 aliphatic heterocycles. The molecule has 1 aromatic carbocycles. The van der Waals surface area contributed by atoms with E-state index >= 15 is 0 Å². The minimum absolute atomic E-state index is 0.116. The van der Waals surface area contributed by atoms with E-state index in [2.05, 4.69) is 20.9 Å². The normalized spacial score (nSPS) is 10.5. The van der Waals surface area contributed by atoms with Gasteiger partial charge in [-0.05, 0) is 28.1 Å². The zero-order valence-corrected chi connectivity index (χ0v) is 10.9. The van der Waals surface area contributed by atoms with Gasteiger partial charge in [0.15, 0.2) is 0 Å². The molecule has 17 heavy (non-hydrogen) atoms. The second-order valence-electron chi connectivity index (χ2n) is 3.34. The largest absolute Gasteiger partial charge is 0.481 e. The van der Waals surface area contributed by atoms with E-state index in [9.17, 15) is 9.18 Å². The number of nitrogens with zero attached hydrogens (tertiary/aromatic N) is 1. The van der Waals surface area contributed by atoms with Crippen LogP contribution in [0.1, 0.15) is 5.69 Å². The Balaban J connectivity index is 2.30. The van der Waals surface area contributed by atoms with E-state index in [0.29, 0.717) is 20.7 Å². The summed E-state index contributed by atoms with van der Waals surface area (Å²) in [5.41, 5.74) is 1.13. The molecule has 1 aromatic heterocycles. The minimum Gasteiger partial charge on any atom is -0.481 e. The summed E-state index contributed by atoms with van der Waals surface area (Å²) in [7, 11) is 0. The predicted octanol–water partition coefficient (Wildman–Crippen LogP) is 3.34. The molecule has 2 aromatic rings. The Bertz CT molecular complexity index is 570. The topological polar surface area (TPSA) is 50.2 Å². The first-order valence-electron chi connectivity index (χ1n) is 4.68. The molecule has 3 nitrogen and oxygen atoms in total. The summed E-state index contributed by atoms with van der Waals surface area (Å²) in [6.45, 7) is 0. The van der Waals surface area contributed by atoms with Gasteiger partial charge < -0.3 is 5.11 Å². The summed E-state index contributed by atoms with van der Waals surface area (Å²) in [6.07, 6.45) is -0.116. The molecule has 88 valence electrons. The standard InChI is InChI=1S/C11H7BrFNO2S/c12-8-2-1-6(3-9(8)13)11-14-7(5-17-11)4-10(15)16/h1-3,5H,4H2,(H,15,16). The van der Waals surface area contributed by atoms with Crippen LogP contribution in [0.4, 0.5) is 4.39 Å². The van der Waals surface area contributed by atoms with Gasteiger partial charge >= 0.3 is 5.97 Å². The van der Waals surface area contributed by atoms with Gasteiger partial charge in [0.2, 0.25) is 0 Å².